The third-order valence-corrected chi connectivity index (χ3v) is 6.57. The maximum absolute atomic E-state index is 14.0. The summed E-state index contributed by atoms with van der Waals surface area (Å²) in [4.78, 5) is 31.0. The van der Waals surface area contributed by atoms with Gasteiger partial charge in [0.1, 0.15) is 0 Å². The van der Waals surface area contributed by atoms with E-state index in [9.17, 15) is 9.59 Å². The average molecular weight is 418 g/mol. The van der Waals surface area contributed by atoms with Gasteiger partial charge in [-0.15, -0.1) is 0 Å². The molecular weight excluding hydrogens is 386 g/mol. The van der Waals surface area contributed by atoms with E-state index in [4.69, 9.17) is 0 Å². The van der Waals surface area contributed by atoms with Crippen molar-refractivity contribution < 1.29 is 9.59 Å². The number of rotatable bonds is 6. The van der Waals surface area contributed by atoms with E-state index in [1.807, 2.05) is 62.3 Å². The predicted molar refractivity (Wildman–Crippen MR) is 124 cm³/mol. The first-order valence-electron chi connectivity index (χ1n) is 11.2. The number of likely N-dealkylation sites (N-methyl/N-ethyl adjacent to an activating group) is 2. The number of carbonyl (C=O) groups excluding carboxylic acids is 2. The van der Waals surface area contributed by atoms with Crippen LogP contribution in [0.1, 0.15) is 60.1 Å². The van der Waals surface area contributed by atoms with E-state index < -0.39 is 5.92 Å². The van der Waals surface area contributed by atoms with Crippen molar-refractivity contribution in [2.45, 2.75) is 38.6 Å². The van der Waals surface area contributed by atoms with Gasteiger partial charge >= 0.3 is 0 Å². The zero-order valence-corrected chi connectivity index (χ0v) is 18.8. The fourth-order valence-corrected chi connectivity index (χ4v) is 4.91. The summed E-state index contributed by atoms with van der Waals surface area (Å²) in [6.45, 7) is 5.57. The maximum atomic E-state index is 14.0. The molecule has 2 aromatic carbocycles. The molecule has 5 nitrogen and oxygen atoms in total. The Morgan fingerprint density at radius 3 is 2.45 bits per heavy atom. The van der Waals surface area contributed by atoms with Crippen LogP contribution >= 0.6 is 0 Å². The molecule has 0 fully saturated rings. The van der Waals surface area contributed by atoms with E-state index in [0.717, 1.165) is 41.4 Å². The van der Waals surface area contributed by atoms with Crippen molar-refractivity contribution in [3.63, 3.8) is 0 Å². The topological polar surface area (TPSA) is 45.6 Å². The van der Waals surface area contributed by atoms with Gasteiger partial charge in [0.15, 0.2) is 0 Å². The summed E-state index contributed by atoms with van der Waals surface area (Å²) in [5.74, 6) is -0.364. The quantitative estimate of drug-likeness (QED) is 0.582. The highest BCUT2D eigenvalue weighted by molar-refractivity contribution is 6.02. The predicted octanol–water partition coefficient (Wildman–Crippen LogP) is 4.74. The Labute approximate surface area is 184 Å². The molecule has 0 saturated heterocycles. The normalized spacial score (nSPS) is 18.3. The number of carbonyl (C=O) groups is 2. The first kappa shape index (κ1) is 21.2. The second-order valence-electron chi connectivity index (χ2n) is 8.41. The summed E-state index contributed by atoms with van der Waals surface area (Å²) in [6.07, 6.45) is 4.09. The van der Waals surface area contributed by atoms with Gasteiger partial charge in [-0.1, -0.05) is 49.7 Å². The molecule has 0 spiro atoms. The van der Waals surface area contributed by atoms with Crippen molar-refractivity contribution in [3.05, 3.63) is 71.4 Å². The molecule has 3 aromatic rings. The van der Waals surface area contributed by atoms with Crippen LogP contribution in [0.4, 0.5) is 0 Å². The molecule has 2 atom stereocenters. The summed E-state index contributed by atoms with van der Waals surface area (Å²) < 4.78 is 2.08. The van der Waals surface area contributed by atoms with Crippen LogP contribution < -0.4 is 0 Å². The molecule has 0 unspecified atom stereocenters. The fourth-order valence-electron chi connectivity index (χ4n) is 4.91. The van der Waals surface area contributed by atoms with E-state index in [1.54, 1.807) is 4.90 Å². The van der Waals surface area contributed by atoms with Crippen molar-refractivity contribution in [2.75, 3.05) is 20.1 Å². The molecule has 0 bridgehead atoms. The minimum Gasteiger partial charge on any atom is -0.350 e. The fraction of sp³-hybridized carbons (Fsp3) is 0.385. The van der Waals surface area contributed by atoms with Crippen LogP contribution in [-0.4, -0.2) is 46.3 Å². The van der Waals surface area contributed by atoms with Crippen LogP contribution in [0.3, 0.4) is 0 Å². The van der Waals surface area contributed by atoms with Crippen LogP contribution in [0.2, 0.25) is 0 Å². The van der Waals surface area contributed by atoms with Gasteiger partial charge in [-0.25, -0.2) is 0 Å². The summed E-state index contributed by atoms with van der Waals surface area (Å²) >= 11 is 0. The number of hydrogen-bond acceptors (Lipinski definition) is 2. The lowest BCUT2D eigenvalue weighted by atomic mass is 9.79. The molecule has 1 aliphatic rings. The van der Waals surface area contributed by atoms with Crippen molar-refractivity contribution in [2.24, 2.45) is 7.05 Å². The number of para-hydroxylation sites is 1. The highest BCUT2D eigenvalue weighted by Crippen LogP contribution is 2.45. The molecular formula is C26H31N3O2. The van der Waals surface area contributed by atoms with Crippen LogP contribution in [0.5, 0.6) is 0 Å². The first-order valence-corrected chi connectivity index (χ1v) is 11.2. The lowest BCUT2D eigenvalue weighted by molar-refractivity contribution is -0.134. The Kier molecular flexibility index (Phi) is 5.86. The molecule has 1 aromatic heterocycles. The third-order valence-electron chi connectivity index (χ3n) is 6.57. The maximum Gasteiger partial charge on any atom is 0.254 e. The molecule has 2 heterocycles. The lowest BCUT2D eigenvalue weighted by Gasteiger charge is -2.41. The molecule has 5 heteroatoms. The van der Waals surface area contributed by atoms with Gasteiger partial charge in [-0.05, 0) is 31.0 Å². The molecule has 0 aliphatic carbocycles. The lowest BCUT2D eigenvalue weighted by Crippen LogP contribution is -2.47. The first-order chi connectivity index (χ1) is 15.0. The van der Waals surface area contributed by atoms with Gasteiger partial charge in [0, 0.05) is 55.4 Å². The monoisotopic (exact) mass is 417 g/mol. The van der Waals surface area contributed by atoms with Crippen molar-refractivity contribution in [1.82, 2.24) is 14.4 Å². The number of nitrogens with zero attached hydrogens (tertiary/aromatic N) is 3. The summed E-state index contributed by atoms with van der Waals surface area (Å²) in [6, 6.07) is 15.4. The number of aryl methyl sites for hydroxylation is 1. The van der Waals surface area contributed by atoms with Crippen LogP contribution in [0, 0.1) is 0 Å². The molecule has 0 radical (unpaired) electrons. The SMILES string of the molecule is CCCCN(CC)C(=O)[C@@H]1c2ccccc2C(=O)N(C)[C@H]1c1cn(C)c2ccccc12. The van der Waals surface area contributed by atoms with Gasteiger partial charge in [0.2, 0.25) is 5.91 Å². The zero-order valence-electron chi connectivity index (χ0n) is 18.8. The Morgan fingerprint density at radius 2 is 1.71 bits per heavy atom. The van der Waals surface area contributed by atoms with E-state index >= 15 is 0 Å². The molecule has 4 rings (SSSR count). The molecule has 31 heavy (non-hydrogen) atoms. The zero-order chi connectivity index (χ0) is 22.1. The second kappa shape index (κ2) is 8.58. The number of aromatic nitrogens is 1. The van der Waals surface area contributed by atoms with Gasteiger partial charge in [0.05, 0.1) is 12.0 Å². The van der Waals surface area contributed by atoms with Crippen LogP contribution in [0.25, 0.3) is 10.9 Å². The number of benzene rings is 2. The van der Waals surface area contributed by atoms with Crippen molar-refractivity contribution in [1.29, 1.82) is 0 Å². The Bertz CT molecular complexity index is 1120. The third kappa shape index (κ3) is 3.52. The molecule has 0 N–H and O–H groups in total. The molecule has 162 valence electrons. The van der Waals surface area contributed by atoms with Crippen LogP contribution in [-0.2, 0) is 11.8 Å². The molecule has 1 aliphatic heterocycles. The standard InChI is InChI=1S/C26H31N3O2/c1-5-7-16-29(6-2)26(31)23-19-13-8-9-14-20(19)25(30)28(4)24(23)21-17-27(3)22-15-11-10-12-18(21)22/h8-15,17,23-24H,5-7,16H2,1-4H3/t23-,24+/m1/s1. The highest BCUT2D eigenvalue weighted by Gasteiger charge is 2.44. The number of hydrogen-bond donors (Lipinski definition) is 0. The summed E-state index contributed by atoms with van der Waals surface area (Å²) in [7, 11) is 3.84. The molecule has 0 saturated carbocycles. The van der Waals surface area contributed by atoms with Crippen molar-refractivity contribution in [3.8, 4) is 0 Å². The molecule has 2 amide bonds. The average Bonchev–Trinajstić information content (AvgIpc) is 3.12. The van der Waals surface area contributed by atoms with Gasteiger partial charge < -0.3 is 14.4 Å². The Morgan fingerprint density at radius 1 is 1.00 bits per heavy atom. The number of amides is 2. The van der Waals surface area contributed by atoms with E-state index in [2.05, 4.69) is 29.8 Å². The highest BCUT2D eigenvalue weighted by atomic mass is 16.2. The van der Waals surface area contributed by atoms with Gasteiger partial charge in [-0.2, -0.15) is 0 Å². The minimum absolute atomic E-state index is 0.0332. The smallest absolute Gasteiger partial charge is 0.254 e. The largest absolute Gasteiger partial charge is 0.350 e. The van der Waals surface area contributed by atoms with Gasteiger partial charge in [-0.3, -0.25) is 9.59 Å². The van der Waals surface area contributed by atoms with E-state index in [0.29, 0.717) is 12.1 Å². The van der Waals surface area contributed by atoms with Crippen LogP contribution in [0.15, 0.2) is 54.7 Å². The summed E-state index contributed by atoms with van der Waals surface area (Å²) in [5, 5.41) is 1.09. The minimum atomic E-state index is -0.429. The Balaban J connectivity index is 1.91. The number of fused-ring (bicyclic) bond motifs is 2. The van der Waals surface area contributed by atoms with Crippen molar-refractivity contribution >= 4 is 22.7 Å². The van der Waals surface area contributed by atoms with Gasteiger partial charge in [0.25, 0.3) is 5.91 Å². The summed E-state index contributed by atoms with van der Waals surface area (Å²) in [5.41, 5.74) is 3.59. The Hall–Kier alpha value is -3.08. The number of unbranched alkanes of at least 4 members (excludes halogenated alkanes) is 1. The van der Waals surface area contributed by atoms with E-state index in [-0.39, 0.29) is 17.9 Å². The van der Waals surface area contributed by atoms with E-state index in [1.165, 1.54) is 0 Å². The second-order valence-corrected chi connectivity index (χ2v) is 8.41.